The van der Waals surface area contributed by atoms with Crippen molar-refractivity contribution in [2.24, 2.45) is 5.92 Å². The van der Waals surface area contributed by atoms with Gasteiger partial charge in [-0.05, 0) is 31.0 Å². The molecule has 0 fully saturated rings. The molecule has 0 aliphatic rings. The molecule has 1 aromatic rings. The van der Waals surface area contributed by atoms with E-state index < -0.39 is 17.3 Å². The van der Waals surface area contributed by atoms with Gasteiger partial charge in [0.25, 0.3) is 5.91 Å². The van der Waals surface area contributed by atoms with E-state index in [4.69, 9.17) is 4.74 Å². The summed E-state index contributed by atoms with van der Waals surface area (Å²) in [5, 5.41) is 12.5. The van der Waals surface area contributed by atoms with Crippen LogP contribution in [0.4, 0.5) is 4.39 Å². The van der Waals surface area contributed by atoms with Crippen LogP contribution in [-0.4, -0.2) is 29.8 Å². The van der Waals surface area contributed by atoms with Gasteiger partial charge in [0.2, 0.25) is 0 Å². The third kappa shape index (κ3) is 5.09. The van der Waals surface area contributed by atoms with Crippen LogP contribution >= 0.6 is 15.9 Å². The molecule has 2 N–H and O–H groups in total. The molecule has 0 saturated heterocycles. The minimum absolute atomic E-state index is 0.00707. The maximum Gasteiger partial charge on any atom is 0.258 e. The van der Waals surface area contributed by atoms with Crippen molar-refractivity contribution >= 4 is 21.8 Å². The van der Waals surface area contributed by atoms with E-state index in [-0.39, 0.29) is 24.8 Å². The van der Waals surface area contributed by atoms with Crippen LogP contribution in [0.2, 0.25) is 0 Å². The predicted octanol–water partition coefficient (Wildman–Crippen LogP) is 2.49. The van der Waals surface area contributed by atoms with Crippen molar-refractivity contribution in [2.75, 3.05) is 13.2 Å². The van der Waals surface area contributed by atoms with Gasteiger partial charge in [-0.25, -0.2) is 4.39 Å². The predicted molar refractivity (Wildman–Crippen MR) is 78.1 cm³/mol. The second-order valence-corrected chi connectivity index (χ2v) is 6.07. The van der Waals surface area contributed by atoms with E-state index in [9.17, 15) is 14.3 Å². The lowest BCUT2D eigenvalue weighted by atomic mass is 9.93. The summed E-state index contributed by atoms with van der Waals surface area (Å²) in [4.78, 5) is 11.6. The molecule has 20 heavy (non-hydrogen) atoms. The van der Waals surface area contributed by atoms with Gasteiger partial charge in [-0.1, -0.05) is 29.8 Å². The van der Waals surface area contributed by atoms with Gasteiger partial charge < -0.3 is 15.2 Å². The van der Waals surface area contributed by atoms with Crippen molar-refractivity contribution in [2.45, 2.75) is 26.4 Å². The molecule has 0 saturated carbocycles. The minimum atomic E-state index is -0.988. The van der Waals surface area contributed by atoms with Gasteiger partial charge in [0.15, 0.2) is 18.2 Å². The standard InChI is InChI=1S/C14H19BrFNO3/c1-9(2)14(3,19)8-17-13(18)7-20-12-5-4-10(15)6-11(12)16/h4-6,9,19H,7-8H2,1-3H3,(H,17,18). The lowest BCUT2D eigenvalue weighted by Crippen LogP contribution is -2.45. The second kappa shape index (κ2) is 7.04. The number of nitrogens with one attached hydrogen (secondary N) is 1. The number of ether oxygens (including phenoxy) is 1. The fourth-order valence-corrected chi connectivity index (χ4v) is 1.60. The average Bonchev–Trinajstić information content (AvgIpc) is 2.35. The van der Waals surface area contributed by atoms with E-state index in [1.54, 1.807) is 13.0 Å². The Balaban J connectivity index is 2.44. The summed E-state index contributed by atoms with van der Waals surface area (Å²) in [6.45, 7) is 5.19. The molecular formula is C14H19BrFNO3. The Bertz CT molecular complexity index is 477. The van der Waals surface area contributed by atoms with E-state index in [0.29, 0.717) is 4.47 Å². The first-order valence-corrected chi connectivity index (χ1v) is 7.08. The van der Waals surface area contributed by atoms with Crippen LogP contribution in [0.1, 0.15) is 20.8 Å². The Kier molecular flexibility index (Phi) is 5.95. The summed E-state index contributed by atoms with van der Waals surface area (Å²) in [5.74, 6) is -0.929. The van der Waals surface area contributed by atoms with Crippen LogP contribution in [0.25, 0.3) is 0 Å². The van der Waals surface area contributed by atoms with Crippen LogP contribution < -0.4 is 10.1 Å². The van der Waals surface area contributed by atoms with E-state index in [1.807, 2.05) is 13.8 Å². The van der Waals surface area contributed by atoms with Crippen molar-refractivity contribution < 1.29 is 19.0 Å². The van der Waals surface area contributed by atoms with E-state index in [1.165, 1.54) is 12.1 Å². The Hall–Kier alpha value is -1.14. The fourth-order valence-electron chi connectivity index (χ4n) is 1.27. The fraction of sp³-hybridized carbons (Fsp3) is 0.500. The minimum Gasteiger partial charge on any atom is -0.481 e. The Morgan fingerprint density at radius 2 is 2.20 bits per heavy atom. The maximum atomic E-state index is 13.5. The second-order valence-electron chi connectivity index (χ2n) is 5.15. The highest BCUT2D eigenvalue weighted by Gasteiger charge is 2.25. The van der Waals surface area contributed by atoms with Gasteiger partial charge >= 0.3 is 0 Å². The highest BCUT2D eigenvalue weighted by Crippen LogP contribution is 2.21. The molecule has 1 rings (SSSR count). The quantitative estimate of drug-likeness (QED) is 0.831. The number of carbonyl (C=O) groups excluding carboxylic acids is 1. The SMILES string of the molecule is CC(C)C(C)(O)CNC(=O)COc1ccc(Br)cc1F. The van der Waals surface area contributed by atoms with Crippen molar-refractivity contribution in [1.82, 2.24) is 5.32 Å². The first kappa shape index (κ1) is 16.9. The smallest absolute Gasteiger partial charge is 0.258 e. The molecule has 6 heteroatoms. The Morgan fingerprint density at radius 1 is 1.55 bits per heavy atom. The Morgan fingerprint density at radius 3 is 2.75 bits per heavy atom. The van der Waals surface area contributed by atoms with Gasteiger partial charge in [-0.3, -0.25) is 4.79 Å². The molecule has 0 heterocycles. The summed E-state index contributed by atoms with van der Waals surface area (Å²) in [7, 11) is 0. The van der Waals surface area contributed by atoms with E-state index in [0.717, 1.165) is 0 Å². The zero-order valence-electron chi connectivity index (χ0n) is 11.7. The normalized spacial score (nSPS) is 13.9. The topological polar surface area (TPSA) is 58.6 Å². The van der Waals surface area contributed by atoms with Crippen LogP contribution in [0.15, 0.2) is 22.7 Å². The average molecular weight is 348 g/mol. The molecule has 1 atom stereocenters. The molecule has 1 unspecified atom stereocenters. The van der Waals surface area contributed by atoms with Crippen LogP contribution in [0.5, 0.6) is 5.75 Å². The number of benzene rings is 1. The van der Waals surface area contributed by atoms with Gasteiger partial charge in [0.05, 0.1) is 5.60 Å². The van der Waals surface area contributed by atoms with Crippen molar-refractivity contribution in [3.8, 4) is 5.75 Å². The number of aliphatic hydroxyl groups is 1. The molecule has 1 aromatic carbocycles. The lowest BCUT2D eigenvalue weighted by molar-refractivity contribution is -0.124. The first-order chi connectivity index (χ1) is 9.22. The van der Waals surface area contributed by atoms with Crippen LogP contribution in [0.3, 0.4) is 0 Å². The molecular weight excluding hydrogens is 329 g/mol. The third-order valence-corrected chi connectivity index (χ3v) is 3.63. The van der Waals surface area contributed by atoms with Crippen molar-refractivity contribution in [1.29, 1.82) is 0 Å². The summed E-state index contributed by atoms with van der Waals surface area (Å²) < 4.78 is 19.1. The Labute approximate surface area is 126 Å². The number of rotatable bonds is 6. The number of hydrogen-bond acceptors (Lipinski definition) is 3. The summed E-state index contributed by atoms with van der Waals surface area (Å²) >= 11 is 3.13. The number of amides is 1. The van der Waals surface area contributed by atoms with Gasteiger partial charge in [-0.2, -0.15) is 0 Å². The molecule has 0 bridgehead atoms. The van der Waals surface area contributed by atoms with Gasteiger partial charge in [0.1, 0.15) is 0 Å². The highest BCUT2D eigenvalue weighted by molar-refractivity contribution is 9.10. The van der Waals surface area contributed by atoms with Crippen molar-refractivity contribution in [3.63, 3.8) is 0 Å². The summed E-state index contributed by atoms with van der Waals surface area (Å²) in [6, 6.07) is 4.33. The molecule has 0 aromatic heterocycles. The zero-order valence-corrected chi connectivity index (χ0v) is 13.3. The van der Waals surface area contributed by atoms with Crippen LogP contribution in [0, 0.1) is 11.7 Å². The molecule has 1 amide bonds. The highest BCUT2D eigenvalue weighted by atomic mass is 79.9. The molecule has 0 radical (unpaired) electrons. The molecule has 112 valence electrons. The third-order valence-electron chi connectivity index (χ3n) is 3.14. The van der Waals surface area contributed by atoms with E-state index in [2.05, 4.69) is 21.2 Å². The molecule has 4 nitrogen and oxygen atoms in total. The summed E-state index contributed by atoms with van der Waals surface area (Å²) in [6.07, 6.45) is 0. The van der Waals surface area contributed by atoms with Crippen molar-refractivity contribution in [3.05, 3.63) is 28.5 Å². The molecule has 0 aliphatic heterocycles. The van der Waals surface area contributed by atoms with Gasteiger partial charge in [-0.15, -0.1) is 0 Å². The number of hydrogen-bond donors (Lipinski definition) is 2. The number of carbonyl (C=O) groups is 1. The van der Waals surface area contributed by atoms with Gasteiger partial charge in [0, 0.05) is 11.0 Å². The largest absolute Gasteiger partial charge is 0.481 e. The lowest BCUT2D eigenvalue weighted by Gasteiger charge is -2.27. The monoisotopic (exact) mass is 347 g/mol. The number of halogens is 2. The van der Waals surface area contributed by atoms with E-state index >= 15 is 0 Å². The van der Waals surface area contributed by atoms with Crippen LogP contribution in [-0.2, 0) is 4.79 Å². The zero-order chi connectivity index (χ0) is 15.3. The maximum absolute atomic E-state index is 13.5. The molecule has 0 spiro atoms. The molecule has 0 aliphatic carbocycles. The summed E-state index contributed by atoms with van der Waals surface area (Å²) in [5.41, 5.74) is -0.988. The first-order valence-electron chi connectivity index (χ1n) is 6.29.